The van der Waals surface area contributed by atoms with Gasteiger partial charge in [-0.05, 0) is 30.5 Å². The van der Waals surface area contributed by atoms with Crippen molar-refractivity contribution >= 4 is 28.5 Å². The van der Waals surface area contributed by atoms with Crippen molar-refractivity contribution in [3.63, 3.8) is 0 Å². The predicted octanol–water partition coefficient (Wildman–Crippen LogP) is 2.87. The minimum Gasteiger partial charge on any atom is -0.464 e. The van der Waals surface area contributed by atoms with Crippen molar-refractivity contribution in [1.29, 1.82) is 0 Å². The summed E-state index contributed by atoms with van der Waals surface area (Å²) in [6.07, 6.45) is 5.02. The molecule has 0 aliphatic carbocycles. The molecule has 2 aromatic rings. The number of aromatic nitrogens is 1. The second kappa shape index (κ2) is 6.22. The highest BCUT2D eigenvalue weighted by Gasteiger charge is 2.19. The number of ether oxygens (including phenoxy) is 1. The number of aryl methyl sites for hydroxylation is 1. The number of hydrogen-bond acceptors (Lipinski definition) is 3. The van der Waals surface area contributed by atoms with Crippen LogP contribution in [0.3, 0.4) is 0 Å². The number of hydrogen-bond donors (Lipinski definition) is 1. The number of carbonyl (C=O) groups excluding carboxylic acids is 2. The van der Waals surface area contributed by atoms with E-state index in [0.717, 1.165) is 35.0 Å². The molecule has 0 radical (unpaired) electrons. The molecule has 0 saturated carbocycles. The highest BCUT2D eigenvalue weighted by molar-refractivity contribution is 6.05. The maximum absolute atomic E-state index is 11.9. The first-order chi connectivity index (χ1) is 10.7. The van der Waals surface area contributed by atoms with Crippen LogP contribution in [0.15, 0.2) is 24.4 Å². The zero-order chi connectivity index (χ0) is 15.5. The summed E-state index contributed by atoms with van der Waals surface area (Å²) in [6.45, 7) is 2.74. The van der Waals surface area contributed by atoms with Crippen molar-refractivity contribution < 1.29 is 14.3 Å². The van der Waals surface area contributed by atoms with Gasteiger partial charge in [0.15, 0.2) is 0 Å². The Morgan fingerprint density at radius 3 is 3.05 bits per heavy atom. The SMILES string of the molecule is CCCCOC(=O)Cn1cc2c3c(cccc31)NC(=O)CC2. The van der Waals surface area contributed by atoms with Crippen LogP contribution >= 0.6 is 0 Å². The molecule has 1 aliphatic heterocycles. The Kier molecular flexibility index (Phi) is 4.13. The van der Waals surface area contributed by atoms with E-state index in [1.54, 1.807) is 0 Å². The van der Waals surface area contributed by atoms with Gasteiger partial charge in [-0.25, -0.2) is 0 Å². The minimum absolute atomic E-state index is 0.0363. The molecule has 3 rings (SSSR count). The van der Waals surface area contributed by atoms with Crippen molar-refractivity contribution in [1.82, 2.24) is 4.57 Å². The number of unbranched alkanes of at least 4 members (excludes halogenated alkanes) is 1. The minimum atomic E-state index is -0.219. The lowest BCUT2D eigenvalue weighted by atomic mass is 10.1. The van der Waals surface area contributed by atoms with Crippen LogP contribution < -0.4 is 5.32 Å². The van der Waals surface area contributed by atoms with Gasteiger partial charge in [0.05, 0.1) is 17.8 Å². The zero-order valence-electron chi connectivity index (χ0n) is 12.7. The van der Waals surface area contributed by atoms with E-state index in [1.807, 2.05) is 29.0 Å². The molecule has 22 heavy (non-hydrogen) atoms. The molecule has 5 nitrogen and oxygen atoms in total. The molecular weight excluding hydrogens is 280 g/mol. The fourth-order valence-electron chi connectivity index (χ4n) is 2.84. The van der Waals surface area contributed by atoms with E-state index in [4.69, 9.17) is 4.74 Å². The molecule has 0 bridgehead atoms. The maximum atomic E-state index is 11.9. The number of amides is 1. The molecule has 1 aromatic carbocycles. The largest absolute Gasteiger partial charge is 0.464 e. The van der Waals surface area contributed by atoms with Crippen molar-refractivity contribution in [2.45, 2.75) is 39.2 Å². The normalized spacial score (nSPS) is 13.8. The fourth-order valence-corrected chi connectivity index (χ4v) is 2.84. The number of benzene rings is 1. The van der Waals surface area contributed by atoms with Gasteiger partial charge in [-0.2, -0.15) is 0 Å². The molecule has 116 valence electrons. The summed E-state index contributed by atoms with van der Waals surface area (Å²) in [7, 11) is 0. The van der Waals surface area contributed by atoms with Crippen LogP contribution in [0.2, 0.25) is 0 Å². The summed E-state index contributed by atoms with van der Waals surface area (Å²) in [4.78, 5) is 23.6. The van der Waals surface area contributed by atoms with Crippen molar-refractivity contribution in [2.75, 3.05) is 11.9 Å². The number of rotatable bonds is 5. The Morgan fingerprint density at radius 2 is 2.23 bits per heavy atom. The standard InChI is InChI=1S/C17H20N2O3/c1-2-3-9-22-16(21)11-19-10-12-7-8-15(20)18-13-5-4-6-14(19)17(12)13/h4-6,10H,2-3,7-9,11H2,1H3,(H,18,20). The third-order valence-corrected chi connectivity index (χ3v) is 3.94. The second-order valence-corrected chi connectivity index (χ2v) is 5.60. The van der Waals surface area contributed by atoms with Crippen LogP contribution in [-0.4, -0.2) is 23.1 Å². The topological polar surface area (TPSA) is 60.3 Å². The average Bonchev–Trinajstić information content (AvgIpc) is 2.75. The van der Waals surface area contributed by atoms with E-state index in [2.05, 4.69) is 12.2 Å². The van der Waals surface area contributed by atoms with Gasteiger partial charge in [0.1, 0.15) is 6.54 Å². The van der Waals surface area contributed by atoms with Gasteiger partial charge in [0, 0.05) is 18.0 Å². The van der Waals surface area contributed by atoms with Gasteiger partial charge in [0.25, 0.3) is 0 Å². The molecule has 0 atom stereocenters. The third kappa shape index (κ3) is 2.84. The summed E-state index contributed by atoms with van der Waals surface area (Å²) in [6, 6.07) is 5.77. The monoisotopic (exact) mass is 300 g/mol. The van der Waals surface area contributed by atoms with Gasteiger partial charge in [0.2, 0.25) is 5.91 Å². The summed E-state index contributed by atoms with van der Waals surface area (Å²) < 4.78 is 7.15. The highest BCUT2D eigenvalue weighted by atomic mass is 16.5. The van der Waals surface area contributed by atoms with Gasteiger partial charge >= 0.3 is 5.97 Å². The van der Waals surface area contributed by atoms with Crippen LogP contribution in [0.5, 0.6) is 0 Å². The van der Waals surface area contributed by atoms with E-state index < -0.39 is 0 Å². The number of anilines is 1. The second-order valence-electron chi connectivity index (χ2n) is 5.60. The molecule has 1 N–H and O–H groups in total. The van der Waals surface area contributed by atoms with E-state index >= 15 is 0 Å². The molecule has 1 aliphatic rings. The van der Waals surface area contributed by atoms with E-state index in [0.29, 0.717) is 19.4 Å². The molecular formula is C17H20N2O3. The molecule has 1 amide bonds. The quantitative estimate of drug-likeness (QED) is 0.682. The predicted molar refractivity (Wildman–Crippen MR) is 84.8 cm³/mol. The molecule has 0 fully saturated rings. The Labute approximate surface area is 129 Å². The first kappa shape index (κ1) is 14.6. The zero-order valence-corrected chi connectivity index (χ0v) is 12.7. The summed E-state index contributed by atoms with van der Waals surface area (Å²) >= 11 is 0. The number of nitrogens with zero attached hydrogens (tertiary/aromatic N) is 1. The molecule has 0 unspecified atom stereocenters. The van der Waals surface area contributed by atoms with E-state index in [-0.39, 0.29) is 18.4 Å². The Balaban J connectivity index is 1.87. The van der Waals surface area contributed by atoms with Crippen molar-refractivity contribution in [2.24, 2.45) is 0 Å². The van der Waals surface area contributed by atoms with Gasteiger partial charge in [-0.15, -0.1) is 0 Å². The lowest BCUT2D eigenvalue weighted by molar-refractivity contribution is -0.144. The number of carbonyl (C=O) groups is 2. The van der Waals surface area contributed by atoms with E-state index in [1.165, 1.54) is 0 Å². The van der Waals surface area contributed by atoms with Gasteiger partial charge in [-0.1, -0.05) is 19.4 Å². The lowest BCUT2D eigenvalue weighted by Crippen LogP contribution is -2.14. The van der Waals surface area contributed by atoms with E-state index in [9.17, 15) is 9.59 Å². The third-order valence-electron chi connectivity index (χ3n) is 3.94. The number of nitrogens with one attached hydrogen (secondary N) is 1. The molecule has 5 heteroatoms. The van der Waals surface area contributed by atoms with Crippen LogP contribution in [0.25, 0.3) is 10.9 Å². The average molecular weight is 300 g/mol. The van der Waals surface area contributed by atoms with Gasteiger partial charge in [-0.3, -0.25) is 9.59 Å². The maximum Gasteiger partial charge on any atom is 0.325 e. The Bertz CT molecular complexity index is 718. The first-order valence-corrected chi connectivity index (χ1v) is 7.75. The van der Waals surface area contributed by atoms with Crippen LogP contribution in [-0.2, 0) is 27.3 Å². The van der Waals surface area contributed by atoms with Crippen LogP contribution in [0, 0.1) is 0 Å². The van der Waals surface area contributed by atoms with Crippen LogP contribution in [0.1, 0.15) is 31.7 Å². The Hall–Kier alpha value is -2.30. The highest BCUT2D eigenvalue weighted by Crippen LogP contribution is 2.32. The molecule has 0 saturated heterocycles. The molecule has 2 heterocycles. The summed E-state index contributed by atoms with van der Waals surface area (Å²) in [5.74, 6) is -0.183. The van der Waals surface area contributed by atoms with Crippen molar-refractivity contribution in [3.8, 4) is 0 Å². The molecule has 0 spiro atoms. The summed E-state index contributed by atoms with van der Waals surface area (Å²) in [5.41, 5.74) is 2.89. The van der Waals surface area contributed by atoms with Crippen molar-refractivity contribution in [3.05, 3.63) is 30.0 Å². The lowest BCUT2D eigenvalue weighted by Gasteiger charge is -2.08. The van der Waals surface area contributed by atoms with Crippen LogP contribution in [0.4, 0.5) is 5.69 Å². The first-order valence-electron chi connectivity index (χ1n) is 7.75. The fraction of sp³-hybridized carbons (Fsp3) is 0.412. The summed E-state index contributed by atoms with van der Waals surface area (Å²) in [5, 5.41) is 3.96. The number of esters is 1. The smallest absolute Gasteiger partial charge is 0.325 e. The van der Waals surface area contributed by atoms with Gasteiger partial charge < -0.3 is 14.6 Å². The molecule has 1 aromatic heterocycles. The Morgan fingerprint density at radius 1 is 1.36 bits per heavy atom.